The molecule has 5 nitrogen and oxygen atoms in total. The van der Waals surface area contributed by atoms with Crippen molar-refractivity contribution in [2.75, 3.05) is 20.3 Å². The number of aliphatic hydroxyl groups is 1. The summed E-state index contributed by atoms with van der Waals surface area (Å²) in [6, 6.07) is 1.99. The summed E-state index contributed by atoms with van der Waals surface area (Å²) in [6.45, 7) is 0.239. The van der Waals surface area contributed by atoms with Crippen LogP contribution in [0.15, 0.2) is 17.0 Å². The number of sulfonamides is 1. The van der Waals surface area contributed by atoms with Crippen LogP contribution >= 0.6 is 11.6 Å². The van der Waals surface area contributed by atoms with Gasteiger partial charge in [0.25, 0.3) is 0 Å². The first-order valence-electron chi connectivity index (χ1n) is 5.99. The molecule has 0 heterocycles. The quantitative estimate of drug-likeness (QED) is 0.713. The highest BCUT2D eigenvalue weighted by atomic mass is 35.5. The van der Waals surface area contributed by atoms with Crippen molar-refractivity contribution in [3.63, 3.8) is 0 Å². The van der Waals surface area contributed by atoms with E-state index in [-0.39, 0.29) is 22.0 Å². The molecule has 114 valence electrons. The average molecular weight is 326 g/mol. The topological polar surface area (TPSA) is 75.6 Å². The maximum atomic E-state index is 13.5. The van der Waals surface area contributed by atoms with Crippen LogP contribution in [-0.2, 0) is 21.4 Å². The van der Waals surface area contributed by atoms with Gasteiger partial charge in [-0.1, -0.05) is 11.6 Å². The summed E-state index contributed by atoms with van der Waals surface area (Å²) < 4.78 is 44.6. The fourth-order valence-electron chi connectivity index (χ4n) is 1.55. The minimum atomic E-state index is -3.82. The van der Waals surface area contributed by atoms with Crippen molar-refractivity contribution < 1.29 is 22.7 Å². The number of unbranched alkanes of at least 4 members (excludes halogenated alkanes) is 1. The van der Waals surface area contributed by atoms with E-state index in [2.05, 4.69) is 4.72 Å². The SMILES string of the molecule is COCCCCNS(=O)(=O)c1cc(F)c(Cl)c(CO)c1. The lowest BCUT2D eigenvalue weighted by atomic mass is 10.2. The molecule has 8 heteroatoms. The van der Waals surface area contributed by atoms with Gasteiger partial charge in [0.1, 0.15) is 5.82 Å². The normalized spacial score (nSPS) is 11.8. The lowest BCUT2D eigenvalue weighted by Crippen LogP contribution is -2.25. The third-order valence-electron chi connectivity index (χ3n) is 2.63. The number of hydrogen-bond acceptors (Lipinski definition) is 4. The second-order valence-electron chi connectivity index (χ2n) is 4.13. The van der Waals surface area contributed by atoms with Gasteiger partial charge in [-0.2, -0.15) is 0 Å². The first-order chi connectivity index (χ1) is 9.42. The van der Waals surface area contributed by atoms with Crippen LogP contribution in [-0.4, -0.2) is 33.8 Å². The van der Waals surface area contributed by atoms with Crippen molar-refractivity contribution in [2.45, 2.75) is 24.3 Å². The number of halogens is 2. The second-order valence-corrected chi connectivity index (χ2v) is 6.28. The van der Waals surface area contributed by atoms with E-state index in [1.807, 2.05) is 0 Å². The van der Waals surface area contributed by atoms with E-state index in [0.29, 0.717) is 13.0 Å². The van der Waals surface area contributed by atoms with Crippen LogP contribution in [0, 0.1) is 5.82 Å². The number of methoxy groups -OCH3 is 1. The Labute approximate surface area is 122 Å². The van der Waals surface area contributed by atoms with Crippen LogP contribution in [0.4, 0.5) is 4.39 Å². The Morgan fingerprint density at radius 2 is 2.10 bits per heavy atom. The number of aliphatic hydroxyl groups excluding tert-OH is 1. The molecular weight excluding hydrogens is 309 g/mol. The summed E-state index contributed by atoms with van der Waals surface area (Å²) in [5.74, 6) is -0.877. The maximum Gasteiger partial charge on any atom is 0.240 e. The zero-order valence-corrected chi connectivity index (χ0v) is 12.6. The lowest BCUT2D eigenvalue weighted by Gasteiger charge is -2.09. The molecule has 0 aliphatic rings. The molecule has 0 unspecified atom stereocenters. The summed E-state index contributed by atoms with van der Waals surface area (Å²) in [5, 5.41) is 8.75. The van der Waals surface area contributed by atoms with E-state index in [4.69, 9.17) is 21.4 Å². The Kier molecular flexibility index (Phi) is 6.84. The van der Waals surface area contributed by atoms with Crippen LogP contribution in [0.1, 0.15) is 18.4 Å². The minimum Gasteiger partial charge on any atom is -0.392 e. The minimum absolute atomic E-state index is 0.0337. The van der Waals surface area contributed by atoms with Crippen molar-refractivity contribution in [3.05, 3.63) is 28.5 Å². The highest BCUT2D eigenvalue weighted by Crippen LogP contribution is 2.24. The molecule has 0 bridgehead atoms. The lowest BCUT2D eigenvalue weighted by molar-refractivity contribution is 0.193. The van der Waals surface area contributed by atoms with Gasteiger partial charge in [0, 0.05) is 25.8 Å². The molecule has 1 rings (SSSR count). The van der Waals surface area contributed by atoms with Gasteiger partial charge in [0.05, 0.1) is 16.5 Å². The van der Waals surface area contributed by atoms with Gasteiger partial charge in [-0.25, -0.2) is 17.5 Å². The van der Waals surface area contributed by atoms with Gasteiger partial charge in [0.15, 0.2) is 0 Å². The number of benzene rings is 1. The van der Waals surface area contributed by atoms with E-state index in [9.17, 15) is 12.8 Å². The van der Waals surface area contributed by atoms with Crippen LogP contribution in [0.25, 0.3) is 0 Å². The monoisotopic (exact) mass is 325 g/mol. The van der Waals surface area contributed by atoms with Crippen molar-refractivity contribution in [3.8, 4) is 0 Å². The molecule has 0 saturated heterocycles. The largest absolute Gasteiger partial charge is 0.392 e. The smallest absolute Gasteiger partial charge is 0.240 e. The van der Waals surface area contributed by atoms with Crippen LogP contribution in [0.3, 0.4) is 0 Å². The Hall–Kier alpha value is -0.730. The molecular formula is C12H17ClFNO4S. The summed E-state index contributed by atoms with van der Waals surface area (Å²) in [6.07, 6.45) is 1.33. The molecule has 0 spiro atoms. The Balaban J connectivity index is 2.80. The van der Waals surface area contributed by atoms with Crippen LogP contribution in [0.2, 0.25) is 5.02 Å². The van der Waals surface area contributed by atoms with E-state index < -0.39 is 22.4 Å². The fourth-order valence-corrected chi connectivity index (χ4v) is 2.85. The molecule has 0 radical (unpaired) electrons. The summed E-state index contributed by atoms with van der Waals surface area (Å²) >= 11 is 5.61. The number of hydrogen-bond donors (Lipinski definition) is 2. The Bertz CT molecular complexity index is 551. The van der Waals surface area contributed by atoms with E-state index >= 15 is 0 Å². The molecule has 1 aromatic rings. The molecule has 0 aliphatic carbocycles. The number of ether oxygens (including phenoxy) is 1. The summed E-state index contributed by atoms with van der Waals surface area (Å²) in [7, 11) is -2.25. The standard InChI is InChI=1S/C12H17ClFNO4S/c1-19-5-3-2-4-15-20(17,18)10-6-9(8-16)12(13)11(14)7-10/h6-7,15-16H,2-5,8H2,1H3. The average Bonchev–Trinajstić information content (AvgIpc) is 2.41. The third-order valence-corrected chi connectivity index (χ3v) is 4.49. The van der Waals surface area contributed by atoms with E-state index in [1.165, 1.54) is 0 Å². The summed E-state index contributed by atoms with van der Waals surface area (Å²) in [5.41, 5.74) is 0.0337. The van der Waals surface area contributed by atoms with Crippen LogP contribution in [0.5, 0.6) is 0 Å². The van der Waals surface area contributed by atoms with Gasteiger partial charge < -0.3 is 9.84 Å². The van der Waals surface area contributed by atoms with E-state index in [1.54, 1.807) is 7.11 Å². The van der Waals surface area contributed by atoms with Gasteiger partial charge >= 0.3 is 0 Å². The van der Waals surface area contributed by atoms with Crippen molar-refractivity contribution in [1.29, 1.82) is 0 Å². The van der Waals surface area contributed by atoms with Gasteiger partial charge in [-0.15, -0.1) is 0 Å². The molecule has 0 fully saturated rings. The highest BCUT2D eigenvalue weighted by Gasteiger charge is 2.18. The predicted octanol–water partition coefficient (Wildman–Crippen LogP) is 1.68. The van der Waals surface area contributed by atoms with Crippen molar-refractivity contribution in [2.24, 2.45) is 0 Å². The van der Waals surface area contributed by atoms with Crippen molar-refractivity contribution >= 4 is 21.6 Å². The zero-order chi connectivity index (χ0) is 15.2. The molecule has 2 N–H and O–H groups in total. The van der Waals surface area contributed by atoms with Gasteiger partial charge in [-0.05, 0) is 25.0 Å². The number of rotatable bonds is 8. The fraction of sp³-hybridized carbons (Fsp3) is 0.500. The van der Waals surface area contributed by atoms with E-state index in [0.717, 1.165) is 18.6 Å². The van der Waals surface area contributed by atoms with Gasteiger partial charge in [0.2, 0.25) is 10.0 Å². The Morgan fingerprint density at radius 3 is 2.70 bits per heavy atom. The first kappa shape index (κ1) is 17.3. The second kappa shape index (κ2) is 7.90. The highest BCUT2D eigenvalue weighted by molar-refractivity contribution is 7.89. The zero-order valence-electron chi connectivity index (χ0n) is 11.0. The van der Waals surface area contributed by atoms with Crippen molar-refractivity contribution in [1.82, 2.24) is 4.72 Å². The predicted molar refractivity (Wildman–Crippen MR) is 73.6 cm³/mol. The third kappa shape index (κ3) is 4.68. The molecule has 0 aromatic heterocycles. The molecule has 0 atom stereocenters. The molecule has 0 aliphatic heterocycles. The molecule has 0 saturated carbocycles. The Morgan fingerprint density at radius 1 is 1.40 bits per heavy atom. The van der Waals surface area contributed by atoms with Gasteiger partial charge in [-0.3, -0.25) is 0 Å². The van der Waals surface area contributed by atoms with Crippen LogP contribution < -0.4 is 4.72 Å². The molecule has 20 heavy (non-hydrogen) atoms. The summed E-state index contributed by atoms with van der Waals surface area (Å²) in [4.78, 5) is -0.254. The molecule has 0 amide bonds. The molecule has 1 aromatic carbocycles. The first-order valence-corrected chi connectivity index (χ1v) is 7.86. The number of nitrogens with one attached hydrogen (secondary N) is 1. The maximum absolute atomic E-state index is 13.5.